The minimum absolute atomic E-state index is 0.202. The second-order valence-electron chi connectivity index (χ2n) is 6.31. The van der Waals surface area contributed by atoms with E-state index < -0.39 is 9.84 Å². The molecule has 1 aromatic rings. The minimum atomic E-state index is -3.17. The van der Waals surface area contributed by atoms with Gasteiger partial charge in [-0.25, -0.2) is 8.42 Å². The Morgan fingerprint density at radius 2 is 2.00 bits per heavy atom. The van der Waals surface area contributed by atoms with Crippen LogP contribution in [0.1, 0.15) is 19.3 Å². The van der Waals surface area contributed by atoms with Gasteiger partial charge in [0, 0.05) is 25.1 Å². The first-order chi connectivity index (χ1) is 10.1. The molecule has 2 aliphatic rings. The summed E-state index contributed by atoms with van der Waals surface area (Å²) < 4.78 is 30.2. The predicted octanol–water partition coefficient (Wildman–Crippen LogP) is 1.96. The summed E-state index contributed by atoms with van der Waals surface area (Å²) >= 11 is 0. The lowest BCUT2D eigenvalue weighted by atomic mass is 9.79. The fourth-order valence-corrected chi connectivity index (χ4v) is 4.77. The van der Waals surface area contributed by atoms with Gasteiger partial charge in [-0.3, -0.25) is 0 Å². The molecule has 2 fully saturated rings. The van der Waals surface area contributed by atoms with Gasteiger partial charge in [0.25, 0.3) is 0 Å². The first-order valence-corrected chi connectivity index (χ1v) is 9.33. The van der Waals surface area contributed by atoms with Gasteiger partial charge in [-0.05, 0) is 37.9 Å². The van der Waals surface area contributed by atoms with Crippen LogP contribution in [0.3, 0.4) is 0 Å². The molecule has 2 heterocycles. The van der Waals surface area contributed by atoms with Crippen molar-refractivity contribution in [2.45, 2.75) is 24.2 Å². The molecule has 0 bridgehead atoms. The molecule has 0 unspecified atom stereocenters. The van der Waals surface area contributed by atoms with E-state index in [1.165, 1.54) is 6.42 Å². The molecule has 1 atom stereocenters. The standard InChI is InChI=1S/C16H23NO3S/c18-21(19,15-5-2-1-3-6-15)12-10-17-9-4-7-16(13-17)8-11-20-14-16/h1-3,5-6H,4,7-14H2/t16-/m0/s1. The first-order valence-electron chi connectivity index (χ1n) is 7.68. The Balaban J connectivity index is 1.60. The molecular weight excluding hydrogens is 286 g/mol. The molecule has 0 amide bonds. The van der Waals surface area contributed by atoms with Crippen LogP contribution >= 0.6 is 0 Å². The number of likely N-dealkylation sites (tertiary alicyclic amines) is 1. The van der Waals surface area contributed by atoms with Crippen molar-refractivity contribution in [2.24, 2.45) is 5.41 Å². The van der Waals surface area contributed by atoms with Gasteiger partial charge in [0.2, 0.25) is 0 Å². The zero-order chi connectivity index (χ0) is 14.8. The van der Waals surface area contributed by atoms with E-state index in [9.17, 15) is 8.42 Å². The third kappa shape index (κ3) is 3.47. The third-order valence-corrected chi connectivity index (χ3v) is 6.41. The molecule has 3 rings (SSSR count). The van der Waals surface area contributed by atoms with Crippen LogP contribution < -0.4 is 0 Å². The molecule has 1 aromatic carbocycles. The van der Waals surface area contributed by atoms with Gasteiger partial charge in [0.15, 0.2) is 9.84 Å². The van der Waals surface area contributed by atoms with Crippen molar-refractivity contribution in [1.29, 1.82) is 0 Å². The number of hydrogen-bond donors (Lipinski definition) is 0. The van der Waals surface area contributed by atoms with Crippen molar-refractivity contribution >= 4 is 9.84 Å². The summed E-state index contributed by atoms with van der Waals surface area (Å²) in [5, 5.41) is 0. The van der Waals surface area contributed by atoms with Crippen LogP contribution in [0.2, 0.25) is 0 Å². The number of hydrogen-bond acceptors (Lipinski definition) is 4. The van der Waals surface area contributed by atoms with Gasteiger partial charge in [-0.2, -0.15) is 0 Å². The van der Waals surface area contributed by atoms with Crippen LogP contribution in [-0.2, 0) is 14.6 Å². The quantitative estimate of drug-likeness (QED) is 0.853. The average Bonchev–Trinajstić information content (AvgIpc) is 2.94. The molecule has 0 saturated carbocycles. The molecule has 4 nitrogen and oxygen atoms in total. The smallest absolute Gasteiger partial charge is 0.179 e. The topological polar surface area (TPSA) is 46.6 Å². The highest BCUT2D eigenvalue weighted by atomic mass is 32.2. The number of sulfone groups is 1. The number of piperidine rings is 1. The molecule has 0 aromatic heterocycles. The fraction of sp³-hybridized carbons (Fsp3) is 0.625. The van der Waals surface area contributed by atoms with E-state index in [4.69, 9.17) is 4.74 Å². The molecule has 2 aliphatic heterocycles. The van der Waals surface area contributed by atoms with Gasteiger partial charge < -0.3 is 9.64 Å². The molecule has 0 aliphatic carbocycles. The predicted molar refractivity (Wildman–Crippen MR) is 82.0 cm³/mol. The summed E-state index contributed by atoms with van der Waals surface area (Å²) in [4.78, 5) is 2.74. The fourth-order valence-electron chi connectivity index (χ4n) is 3.47. The zero-order valence-electron chi connectivity index (χ0n) is 12.3. The summed E-state index contributed by atoms with van der Waals surface area (Å²) in [5.41, 5.74) is 0.286. The summed E-state index contributed by atoms with van der Waals surface area (Å²) in [5.74, 6) is 0.202. The molecule has 21 heavy (non-hydrogen) atoms. The van der Waals surface area contributed by atoms with E-state index in [1.54, 1.807) is 24.3 Å². The largest absolute Gasteiger partial charge is 0.381 e. The van der Waals surface area contributed by atoms with Crippen LogP contribution in [0, 0.1) is 5.41 Å². The molecule has 2 saturated heterocycles. The molecule has 1 spiro atoms. The SMILES string of the molecule is O=S(=O)(CCN1CCC[C@]2(CCOC2)C1)c1ccccc1. The zero-order valence-corrected chi connectivity index (χ0v) is 13.1. The van der Waals surface area contributed by atoms with Crippen molar-refractivity contribution in [3.8, 4) is 0 Å². The van der Waals surface area contributed by atoms with Crippen molar-refractivity contribution < 1.29 is 13.2 Å². The maximum atomic E-state index is 12.3. The van der Waals surface area contributed by atoms with E-state index in [1.807, 2.05) is 6.07 Å². The second-order valence-corrected chi connectivity index (χ2v) is 8.42. The maximum absolute atomic E-state index is 12.3. The lowest BCUT2D eigenvalue weighted by Gasteiger charge is -2.39. The monoisotopic (exact) mass is 309 g/mol. The molecular formula is C16H23NO3S. The highest BCUT2D eigenvalue weighted by molar-refractivity contribution is 7.91. The van der Waals surface area contributed by atoms with Gasteiger partial charge >= 0.3 is 0 Å². The van der Waals surface area contributed by atoms with Crippen LogP contribution in [-0.4, -0.2) is 51.9 Å². The van der Waals surface area contributed by atoms with Crippen molar-refractivity contribution in [3.05, 3.63) is 30.3 Å². The lowest BCUT2D eigenvalue weighted by molar-refractivity contribution is 0.0720. The Morgan fingerprint density at radius 3 is 2.71 bits per heavy atom. The van der Waals surface area contributed by atoms with E-state index >= 15 is 0 Å². The second kappa shape index (κ2) is 6.07. The Labute approximate surface area is 127 Å². The Bertz CT molecular complexity index is 564. The molecule has 0 radical (unpaired) electrons. The number of benzene rings is 1. The minimum Gasteiger partial charge on any atom is -0.381 e. The van der Waals surface area contributed by atoms with Crippen LogP contribution in [0.4, 0.5) is 0 Å². The van der Waals surface area contributed by atoms with E-state index in [0.717, 1.165) is 39.1 Å². The van der Waals surface area contributed by atoms with Crippen LogP contribution in [0.15, 0.2) is 35.2 Å². The summed E-state index contributed by atoms with van der Waals surface area (Å²) in [6.07, 6.45) is 3.48. The third-order valence-electron chi connectivity index (χ3n) is 4.70. The van der Waals surface area contributed by atoms with Gasteiger partial charge in [-0.15, -0.1) is 0 Å². The lowest BCUT2D eigenvalue weighted by Crippen LogP contribution is -2.45. The van der Waals surface area contributed by atoms with E-state index in [2.05, 4.69) is 4.90 Å². The van der Waals surface area contributed by atoms with Gasteiger partial charge in [-0.1, -0.05) is 18.2 Å². The van der Waals surface area contributed by atoms with Gasteiger partial charge in [0.05, 0.1) is 17.3 Å². The number of nitrogens with zero attached hydrogens (tertiary/aromatic N) is 1. The molecule has 116 valence electrons. The van der Waals surface area contributed by atoms with Crippen molar-refractivity contribution in [2.75, 3.05) is 38.6 Å². The van der Waals surface area contributed by atoms with Crippen LogP contribution in [0.25, 0.3) is 0 Å². The summed E-state index contributed by atoms with van der Waals surface area (Å²) in [7, 11) is -3.17. The Hall–Kier alpha value is -0.910. The normalized spacial score (nSPS) is 27.2. The summed E-state index contributed by atoms with van der Waals surface area (Å²) in [6.45, 7) is 4.31. The highest BCUT2D eigenvalue weighted by Crippen LogP contribution is 2.37. The van der Waals surface area contributed by atoms with Crippen molar-refractivity contribution in [3.63, 3.8) is 0 Å². The van der Waals surface area contributed by atoms with Crippen LogP contribution in [0.5, 0.6) is 0 Å². The average molecular weight is 309 g/mol. The van der Waals surface area contributed by atoms with E-state index in [-0.39, 0.29) is 11.2 Å². The Morgan fingerprint density at radius 1 is 1.19 bits per heavy atom. The van der Waals surface area contributed by atoms with Crippen molar-refractivity contribution in [1.82, 2.24) is 4.90 Å². The Kier molecular flexibility index (Phi) is 4.33. The number of ether oxygens (including phenoxy) is 1. The highest BCUT2D eigenvalue weighted by Gasteiger charge is 2.38. The molecule has 5 heteroatoms. The first kappa shape index (κ1) is 15.0. The maximum Gasteiger partial charge on any atom is 0.179 e. The number of rotatable bonds is 4. The van der Waals surface area contributed by atoms with Gasteiger partial charge in [0.1, 0.15) is 0 Å². The molecule has 0 N–H and O–H groups in total. The summed E-state index contributed by atoms with van der Waals surface area (Å²) in [6, 6.07) is 8.75. The van der Waals surface area contributed by atoms with E-state index in [0.29, 0.717) is 11.4 Å².